The van der Waals surface area contributed by atoms with Crippen molar-refractivity contribution in [2.75, 3.05) is 23.9 Å². The number of benzene rings is 1. The van der Waals surface area contributed by atoms with Crippen LogP contribution in [0.25, 0.3) is 5.69 Å². The summed E-state index contributed by atoms with van der Waals surface area (Å²) in [4.78, 5) is 15.0. The fourth-order valence-corrected chi connectivity index (χ4v) is 2.88. The lowest BCUT2D eigenvalue weighted by Crippen LogP contribution is -2.49. The van der Waals surface area contributed by atoms with E-state index in [0.717, 1.165) is 5.69 Å². The van der Waals surface area contributed by atoms with Crippen molar-refractivity contribution >= 4 is 17.5 Å². The SMILES string of the molecule is Cc1cn(-c2ccc(Nc3ncc4c(n3)N(C)C(C)(C)CO4)cc2F)cn1. The zero-order chi connectivity index (χ0) is 19.2. The largest absolute Gasteiger partial charge is 0.486 e. The zero-order valence-electron chi connectivity index (χ0n) is 15.7. The lowest BCUT2D eigenvalue weighted by atomic mass is 10.0. The summed E-state index contributed by atoms with van der Waals surface area (Å²) in [5.74, 6) is 1.36. The Hall–Kier alpha value is -3.16. The third-order valence-electron chi connectivity index (χ3n) is 4.74. The Labute approximate surface area is 156 Å². The molecule has 27 heavy (non-hydrogen) atoms. The lowest BCUT2D eigenvalue weighted by Gasteiger charge is -2.40. The van der Waals surface area contributed by atoms with Gasteiger partial charge in [0.05, 0.1) is 29.4 Å². The predicted molar refractivity (Wildman–Crippen MR) is 102 cm³/mol. The quantitative estimate of drug-likeness (QED) is 0.764. The number of hydrogen-bond acceptors (Lipinski definition) is 6. The average Bonchev–Trinajstić information content (AvgIpc) is 3.05. The number of imidazole rings is 1. The maximum Gasteiger partial charge on any atom is 0.229 e. The van der Waals surface area contributed by atoms with Crippen LogP contribution in [0.5, 0.6) is 5.75 Å². The fourth-order valence-electron chi connectivity index (χ4n) is 2.88. The first kappa shape index (κ1) is 17.3. The minimum absolute atomic E-state index is 0.171. The summed E-state index contributed by atoms with van der Waals surface area (Å²) in [5.41, 5.74) is 1.65. The van der Waals surface area contributed by atoms with Crippen LogP contribution in [-0.2, 0) is 0 Å². The molecule has 0 fully saturated rings. The summed E-state index contributed by atoms with van der Waals surface area (Å²) in [6, 6.07) is 4.88. The van der Waals surface area contributed by atoms with E-state index in [4.69, 9.17) is 4.74 Å². The number of halogens is 1. The van der Waals surface area contributed by atoms with E-state index >= 15 is 0 Å². The van der Waals surface area contributed by atoms with Crippen LogP contribution in [0.4, 0.5) is 21.8 Å². The molecule has 4 rings (SSSR count). The molecule has 8 heteroatoms. The number of anilines is 3. The molecule has 0 radical (unpaired) electrons. The molecule has 0 aliphatic carbocycles. The van der Waals surface area contributed by atoms with Crippen molar-refractivity contribution in [3.63, 3.8) is 0 Å². The number of rotatable bonds is 3. The van der Waals surface area contributed by atoms with Crippen LogP contribution in [0.3, 0.4) is 0 Å². The standard InChI is InChI=1S/C19H21FN6O/c1-12-9-26(11-22-12)15-6-5-13(7-14(15)20)23-18-21-8-16-17(24-18)25(4)19(2,3)10-27-16/h5-9,11H,10H2,1-4H3,(H,21,23,24). The van der Waals surface area contributed by atoms with Gasteiger partial charge in [-0.1, -0.05) is 0 Å². The highest BCUT2D eigenvalue weighted by atomic mass is 19.1. The van der Waals surface area contributed by atoms with E-state index in [0.29, 0.717) is 35.5 Å². The number of hydrogen-bond donors (Lipinski definition) is 1. The Bertz CT molecular complexity index is 1000. The van der Waals surface area contributed by atoms with Gasteiger partial charge in [0, 0.05) is 18.9 Å². The first-order chi connectivity index (χ1) is 12.8. The maximum absolute atomic E-state index is 14.5. The Balaban J connectivity index is 1.60. The number of likely N-dealkylation sites (N-methyl/N-ethyl adjacent to an activating group) is 1. The lowest BCUT2D eigenvalue weighted by molar-refractivity contribution is 0.215. The second kappa shape index (κ2) is 6.22. The van der Waals surface area contributed by atoms with Crippen LogP contribution in [0.15, 0.2) is 36.9 Å². The summed E-state index contributed by atoms with van der Waals surface area (Å²) < 4.78 is 21.9. The molecule has 1 aliphatic heterocycles. The van der Waals surface area contributed by atoms with E-state index in [1.54, 1.807) is 35.4 Å². The summed E-state index contributed by atoms with van der Waals surface area (Å²) in [6.07, 6.45) is 5.00. The molecule has 0 amide bonds. The van der Waals surface area contributed by atoms with E-state index < -0.39 is 0 Å². The van der Waals surface area contributed by atoms with Gasteiger partial charge in [-0.05, 0) is 39.0 Å². The molecule has 140 valence electrons. The molecule has 3 aromatic rings. The van der Waals surface area contributed by atoms with E-state index in [2.05, 4.69) is 39.0 Å². The first-order valence-electron chi connectivity index (χ1n) is 8.65. The molecule has 1 N–H and O–H groups in total. The molecule has 0 spiro atoms. The van der Waals surface area contributed by atoms with Gasteiger partial charge in [-0.25, -0.2) is 14.4 Å². The van der Waals surface area contributed by atoms with Gasteiger partial charge in [-0.2, -0.15) is 4.98 Å². The Kier molecular flexibility index (Phi) is 3.98. The van der Waals surface area contributed by atoms with Gasteiger partial charge in [0.25, 0.3) is 0 Å². The minimum atomic E-state index is -0.364. The number of aryl methyl sites for hydroxylation is 1. The van der Waals surface area contributed by atoms with Gasteiger partial charge in [0.15, 0.2) is 11.6 Å². The molecular weight excluding hydrogens is 347 g/mol. The van der Waals surface area contributed by atoms with E-state index in [1.165, 1.54) is 6.07 Å². The van der Waals surface area contributed by atoms with Crippen molar-refractivity contribution in [3.05, 3.63) is 48.4 Å². The highest BCUT2D eigenvalue weighted by Crippen LogP contribution is 2.35. The molecule has 1 aromatic carbocycles. The molecule has 0 unspecified atom stereocenters. The summed E-state index contributed by atoms with van der Waals surface area (Å²) in [7, 11) is 1.97. The first-order valence-corrected chi connectivity index (χ1v) is 8.65. The van der Waals surface area contributed by atoms with Crippen molar-refractivity contribution in [1.82, 2.24) is 19.5 Å². The average molecular weight is 368 g/mol. The number of ether oxygens (including phenoxy) is 1. The molecule has 0 saturated heterocycles. The molecule has 7 nitrogen and oxygen atoms in total. The van der Waals surface area contributed by atoms with E-state index in [1.807, 2.05) is 14.0 Å². The highest BCUT2D eigenvalue weighted by Gasteiger charge is 2.33. The molecule has 3 heterocycles. The fraction of sp³-hybridized carbons (Fsp3) is 0.316. The summed E-state index contributed by atoms with van der Waals surface area (Å²) in [5, 5.41) is 3.06. The molecule has 0 atom stereocenters. The normalized spacial score (nSPS) is 15.2. The van der Waals surface area contributed by atoms with E-state index in [-0.39, 0.29) is 11.4 Å². The predicted octanol–water partition coefficient (Wildman–Crippen LogP) is 3.46. The van der Waals surface area contributed by atoms with Gasteiger partial charge < -0.3 is 19.5 Å². The Morgan fingerprint density at radius 1 is 1.26 bits per heavy atom. The third kappa shape index (κ3) is 3.18. The van der Waals surface area contributed by atoms with Gasteiger partial charge in [0.1, 0.15) is 12.4 Å². The topological polar surface area (TPSA) is 68.1 Å². The van der Waals surface area contributed by atoms with Crippen LogP contribution in [-0.4, -0.2) is 38.7 Å². The smallest absolute Gasteiger partial charge is 0.229 e. The zero-order valence-corrected chi connectivity index (χ0v) is 15.7. The van der Waals surface area contributed by atoms with Gasteiger partial charge in [-0.15, -0.1) is 0 Å². The van der Waals surface area contributed by atoms with Crippen molar-refractivity contribution in [3.8, 4) is 11.4 Å². The highest BCUT2D eigenvalue weighted by molar-refractivity contribution is 5.61. The van der Waals surface area contributed by atoms with Crippen molar-refractivity contribution in [2.24, 2.45) is 0 Å². The van der Waals surface area contributed by atoms with Crippen molar-refractivity contribution in [1.29, 1.82) is 0 Å². The maximum atomic E-state index is 14.5. The van der Waals surface area contributed by atoms with Gasteiger partial charge in [0.2, 0.25) is 5.95 Å². The van der Waals surface area contributed by atoms with Crippen LogP contribution in [0.1, 0.15) is 19.5 Å². The number of fused-ring (bicyclic) bond motifs is 1. The van der Waals surface area contributed by atoms with Crippen molar-refractivity contribution in [2.45, 2.75) is 26.3 Å². The third-order valence-corrected chi connectivity index (χ3v) is 4.74. The number of nitrogens with zero attached hydrogens (tertiary/aromatic N) is 5. The van der Waals surface area contributed by atoms with Crippen molar-refractivity contribution < 1.29 is 9.13 Å². The van der Waals surface area contributed by atoms with E-state index in [9.17, 15) is 4.39 Å². The molecular formula is C19H21FN6O. The Morgan fingerprint density at radius 2 is 2.07 bits per heavy atom. The summed E-state index contributed by atoms with van der Waals surface area (Å²) >= 11 is 0. The second-order valence-corrected chi connectivity index (χ2v) is 7.26. The number of aromatic nitrogens is 4. The van der Waals surface area contributed by atoms with Crippen LogP contribution < -0.4 is 15.0 Å². The minimum Gasteiger partial charge on any atom is -0.486 e. The summed E-state index contributed by atoms with van der Waals surface area (Å²) in [6.45, 7) is 6.58. The second-order valence-electron chi connectivity index (χ2n) is 7.26. The Morgan fingerprint density at radius 3 is 2.78 bits per heavy atom. The van der Waals surface area contributed by atoms with Gasteiger partial charge >= 0.3 is 0 Å². The molecule has 0 saturated carbocycles. The molecule has 1 aliphatic rings. The van der Waals surface area contributed by atoms with Gasteiger partial charge in [-0.3, -0.25) is 0 Å². The molecule has 2 aromatic heterocycles. The monoisotopic (exact) mass is 368 g/mol. The number of nitrogens with one attached hydrogen (secondary N) is 1. The van der Waals surface area contributed by atoms with Crippen LogP contribution >= 0.6 is 0 Å². The molecule has 0 bridgehead atoms. The van der Waals surface area contributed by atoms with Crippen LogP contribution in [0.2, 0.25) is 0 Å². The van der Waals surface area contributed by atoms with Crippen LogP contribution in [0, 0.1) is 12.7 Å².